The zero-order chi connectivity index (χ0) is 23.7. The minimum atomic E-state index is -0.843. The smallest absolute Gasteiger partial charge is 0.257 e. The topological polar surface area (TPSA) is 73.5 Å². The number of para-hydroxylation sites is 2. The van der Waals surface area contributed by atoms with Crippen LogP contribution in [0.25, 0.3) is 10.9 Å². The Morgan fingerprint density at radius 3 is 2.47 bits per heavy atom. The maximum Gasteiger partial charge on any atom is 0.257 e. The van der Waals surface area contributed by atoms with Gasteiger partial charge in [-0.3, -0.25) is 14.4 Å². The van der Waals surface area contributed by atoms with Crippen LogP contribution in [0.1, 0.15) is 27.9 Å². The molecule has 0 spiro atoms. The van der Waals surface area contributed by atoms with E-state index in [0.717, 1.165) is 22.0 Å². The van der Waals surface area contributed by atoms with Crippen LogP contribution in [-0.4, -0.2) is 40.2 Å². The van der Waals surface area contributed by atoms with E-state index in [-0.39, 0.29) is 24.1 Å². The van der Waals surface area contributed by atoms with Crippen molar-refractivity contribution in [2.75, 3.05) is 11.4 Å². The number of H-pyrrole nitrogens is 1. The van der Waals surface area contributed by atoms with Crippen LogP contribution in [0.4, 0.5) is 5.69 Å². The molecule has 1 aliphatic heterocycles. The van der Waals surface area contributed by atoms with E-state index in [1.165, 1.54) is 4.90 Å². The molecular weight excluding hydrogens is 426 g/mol. The standard InChI is InChI=1S/C28H25N3O3/c1-19-9-5-6-12-22(19)27(33)30(16-15-20-18-29-24-14-8-7-13-23(20)24)25-17-26(32)31(28(25)34)21-10-3-2-4-11-21/h2-14,18,25,29H,15-17H2,1H3. The van der Waals surface area contributed by atoms with Crippen molar-refractivity contribution in [3.05, 3.63) is 102 Å². The van der Waals surface area contributed by atoms with Crippen LogP contribution < -0.4 is 4.90 Å². The Morgan fingerprint density at radius 1 is 0.971 bits per heavy atom. The first-order valence-electron chi connectivity index (χ1n) is 11.4. The minimum absolute atomic E-state index is 0.0285. The van der Waals surface area contributed by atoms with Gasteiger partial charge in [-0.2, -0.15) is 0 Å². The number of nitrogens with zero attached hydrogens (tertiary/aromatic N) is 2. The molecule has 4 aromatic rings. The van der Waals surface area contributed by atoms with E-state index in [2.05, 4.69) is 4.98 Å². The number of aromatic nitrogens is 1. The summed E-state index contributed by atoms with van der Waals surface area (Å²) in [6.45, 7) is 2.20. The number of fused-ring (bicyclic) bond motifs is 1. The summed E-state index contributed by atoms with van der Waals surface area (Å²) < 4.78 is 0. The number of carbonyl (C=O) groups is 3. The van der Waals surface area contributed by atoms with Crippen molar-refractivity contribution < 1.29 is 14.4 Å². The first kappa shape index (κ1) is 21.6. The number of carbonyl (C=O) groups excluding carboxylic acids is 3. The number of nitrogens with one attached hydrogen (secondary N) is 1. The fourth-order valence-corrected chi connectivity index (χ4v) is 4.65. The summed E-state index contributed by atoms with van der Waals surface area (Å²) in [5, 5.41) is 1.09. The lowest BCUT2D eigenvalue weighted by molar-refractivity contribution is -0.122. The van der Waals surface area contributed by atoms with Gasteiger partial charge in [0.05, 0.1) is 12.1 Å². The van der Waals surface area contributed by atoms with Crippen molar-refractivity contribution in [1.29, 1.82) is 0 Å². The Bertz CT molecular complexity index is 1380. The second kappa shape index (κ2) is 8.98. The Morgan fingerprint density at radius 2 is 1.68 bits per heavy atom. The van der Waals surface area contributed by atoms with Crippen molar-refractivity contribution in [3.8, 4) is 0 Å². The van der Waals surface area contributed by atoms with Gasteiger partial charge in [0.1, 0.15) is 6.04 Å². The molecule has 0 saturated carbocycles. The van der Waals surface area contributed by atoms with Gasteiger partial charge in [-0.1, -0.05) is 54.6 Å². The molecule has 1 saturated heterocycles. The summed E-state index contributed by atoms with van der Waals surface area (Å²) in [7, 11) is 0. The molecular formula is C28H25N3O3. The quantitative estimate of drug-likeness (QED) is 0.439. The SMILES string of the molecule is Cc1ccccc1C(=O)N(CCc1c[nH]c2ccccc12)C1CC(=O)N(c2ccccc2)C1=O. The van der Waals surface area contributed by atoms with Crippen LogP contribution in [0.2, 0.25) is 0 Å². The highest BCUT2D eigenvalue weighted by Gasteiger charge is 2.44. The maximum absolute atomic E-state index is 13.7. The third-order valence-corrected chi connectivity index (χ3v) is 6.45. The molecule has 1 N–H and O–H groups in total. The van der Waals surface area contributed by atoms with Gasteiger partial charge >= 0.3 is 0 Å². The summed E-state index contributed by atoms with van der Waals surface area (Å²) in [6, 6.07) is 23.4. The zero-order valence-corrected chi connectivity index (χ0v) is 18.9. The fourth-order valence-electron chi connectivity index (χ4n) is 4.65. The van der Waals surface area contributed by atoms with Crippen LogP contribution in [-0.2, 0) is 16.0 Å². The van der Waals surface area contributed by atoms with E-state index in [4.69, 9.17) is 0 Å². The molecule has 1 aliphatic rings. The molecule has 3 amide bonds. The Balaban J connectivity index is 1.48. The normalized spacial score (nSPS) is 15.8. The lowest BCUT2D eigenvalue weighted by Crippen LogP contribution is -2.46. The Kier molecular flexibility index (Phi) is 5.72. The first-order valence-corrected chi connectivity index (χ1v) is 11.4. The van der Waals surface area contributed by atoms with E-state index in [1.54, 1.807) is 35.2 Å². The lowest BCUT2D eigenvalue weighted by atomic mass is 10.0. The molecule has 6 heteroatoms. The summed E-state index contributed by atoms with van der Waals surface area (Å²) in [4.78, 5) is 46.1. The van der Waals surface area contributed by atoms with Crippen LogP contribution >= 0.6 is 0 Å². The van der Waals surface area contributed by atoms with Gasteiger partial charge in [-0.05, 0) is 48.7 Å². The molecule has 5 rings (SSSR count). The molecule has 0 radical (unpaired) electrons. The van der Waals surface area contributed by atoms with Crippen molar-refractivity contribution in [2.24, 2.45) is 0 Å². The summed E-state index contributed by atoms with van der Waals surface area (Å²) >= 11 is 0. The number of hydrogen-bond acceptors (Lipinski definition) is 3. The Hall–Kier alpha value is -4.19. The van der Waals surface area contributed by atoms with E-state index in [9.17, 15) is 14.4 Å². The molecule has 6 nitrogen and oxygen atoms in total. The van der Waals surface area contributed by atoms with Gasteiger partial charge in [0.2, 0.25) is 5.91 Å². The number of amides is 3. The number of aromatic amines is 1. The summed E-state index contributed by atoms with van der Waals surface area (Å²) in [5.74, 6) is -0.896. The van der Waals surface area contributed by atoms with E-state index in [0.29, 0.717) is 24.2 Å². The molecule has 2 heterocycles. The third-order valence-electron chi connectivity index (χ3n) is 6.45. The maximum atomic E-state index is 13.7. The van der Waals surface area contributed by atoms with Gasteiger partial charge in [-0.15, -0.1) is 0 Å². The highest BCUT2D eigenvalue weighted by molar-refractivity contribution is 6.23. The molecule has 0 bridgehead atoms. The predicted octanol–water partition coefficient (Wildman–Crippen LogP) is 4.49. The third kappa shape index (κ3) is 3.88. The monoisotopic (exact) mass is 451 g/mol. The average Bonchev–Trinajstić information content (AvgIpc) is 3.40. The largest absolute Gasteiger partial charge is 0.361 e. The van der Waals surface area contributed by atoms with Gasteiger partial charge in [-0.25, -0.2) is 4.90 Å². The number of hydrogen-bond donors (Lipinski definition) is 1. The van der Waals surface area contributed by atoms with E-state index in [1.807, 2.05) is 61.7 Å². The Labute approximate surface area is 197 Å². The van der Waals surface area contributed by atoms with Crippen LogP contribution in [0.15, 0.2) is 85.1 Å². The zero-order valence-electron chi connectivity index (χ0n) is 18.9. The van der Waals surface area contributed by atoms with Crippen LogP contribution in [0, 0.1) is 6.92 Å². The van der Waals surface area contributed by atoms with Crippen molar-refractivity contribution in [2.45, 2.75) is 25.8 Å². The number of aryl methyl sites for hydroxylation is 1. The van der Waals surface area contributed by atoms with Gasteiger partial charge < -0.3 is 9.88 Å². The molecule has 1 aromatic heterocycles. The fraction of sp³-hybridized carbons (Fsp3) is 0.179. The molecule has 170 valence electrons. The number of imide groups is 1. The number of rotatable bonds is 6. The second-order valence-electron chi connectivity index (χ2n) is 8.55. The summed E-state index contributed by atoms with van der Waals surface area (Å²) in [6.07, 6.45) is 2.48. The molecule has 1 fully saturated rings. The highest BCUT2D eigenvalue weighted by atomic mass is 16.2. The van der Waals surface area contributed by atoms with Crippen LogP contribution in [0.3, 0.4) is 0 Å². The molecule has 0 aliphatic carbocycles. The number of benzene rings is 3. The minimum Gasteiger partial charge on any atom is -0.361 e. The molecule has 3 aromatic carbocycles. The van der Waals surface area contributed by atoms with Gasteiger partial charge in [0, 0.05) is 29.2 Å². The van der Waals surface area contributed by atoms with E-state index >= 15 is 0 Å². The summed E-state index contributed by atoms with van der Waals surface area (Å²) in [5.41, 5.74) is 3.99. The van der Waals surface area contributed by atoms with Crippen molar-refractivity contribution in [1.82, 2.24) is 9.88 Å². The molecule has 1 atom stereocenters. The average molecular weight is 452 g/mol. The van der Waals surface area contributed by atoms with Crippen molar-refractivity contribution in [3.63, 3.8) is 0 Å². The second-order valence-corrected chi connectivity index (χ2v) is 8.55. The van der Waals surface area contributed by atoms with Gasteiger partial charge in [0.25, 0.3) is 11.8 Å². The van der Waals surface area contributed by atoms with Gasteiger partial charge in [0.15, 0.2) is 0 Å². The van der Waals surface area contributed by atoms with Crippen molar-refractivity contribution >= 4 is 34.3 Å². The molecule has 34 heavy (non-hydrogen) atoms. The highest BCUT2D eigenvalue weighted by Crippen LogP contribution is 2.28. The lowest BCUT2D eigenvalue weighted by Gasteiger charge is -2.28. The predicted molar refractivity (Wildman–Crippen MR) is 132 cm³/mol. The molecule has 1 unspecified atom stereocenters. The first-order chi connectivity index (χ1) is 16.5. The number of anilines is 1. The van der Waals surface area contributed by atoms with E-state index < -0.39 is 6.04 Å². The van der Waals surface area contributed by atoms with Crippen LogP contribution in [0.5, 0.6) is 0 Å².